The zero-order valence-electron chi connectivity index (χ0n) is 12.7. The fourth-order valence-corrected chi connectivity index (χ4v) is 3.24. The minimum absolute atomic E-state index is 0.456. The first kappa shape index (κ1) is 15.0. The van der Waals surface area contributed by atoms with Gasteiger partial charge in [-0.25, -0.2) is 4.98 Å². The molecular formula is C16H23N3S. The largest absolute Gasteiger partial charge is 0.321 e. The van der Waals surface area contributed by atoms with Gasteiger partial charge in [0, 0.05) is 24.2 Å². The van der Waals surface area contributed by atoms with Crippen molar-refractivity contribution in [2.45, 2.75) is 33.2 Å². The lowest BCUT2D eigenvalue weighted by atomic mass is 10.1. The van der Waals surface area contributed by atoms with Gasteiger partial charge in [0.1, 0.15) is 0 Å². The van der Waals surface area contributed by atoms with E-state index in [0.29, 0.717) is 5.92 Å². The molecule has 0 fully saturated rings. The van der Waals surface area contributed by atoms with Crippen LogP contribution in [-0.2, 0) is 6.54 Å². The summed E-state index contributed by atoms with van der Waals surface area (Å²) in [6.07, 6.45) is 0. The van der Waals surface area contributed by atoms with Crippen LogP contribution in [0.15, 0.2) is 30.3 Å². The molecule has 0 aliphatic carbocycles. The van der Waals surface area contributed by atoms with Crippen LogP contribution in [-0.4, -0.2) is 18.6 Å². The maximum absolute atomic E-state index is 4.84. The highest BCUT2D eigenvalue weighted by Gasteiger charge is 2.16. The van der Waals surface area contributed by atoms with Gasteiger partial charge in [-0.3, -0.25) is 0 Å². The van der Waals surface area contributed by atoms with Crippen LogP contribution >= 0.6 is 11.3 Å². The molecule has 20 heavy (non-hydrogen) atoms. The average Bonchev–Trinajstić information content (AvgIpc) is 2.89. The first-order valence-electron chi connectivity index (χ1n) is 7.12. The Labute approximate surface area is 125 Å². The van der Waals surface area contributed by atoms with Gasteiger partial charge in [-0.2, -0.15) is 0 Å². The van der Waals surface area contributed by atoms with E-state index in [1.54, 1.807) is 11.3 Å². The molecule has 1 aromatic heterocycles. The molecule has 0 unspecified atom stereocenters. The number of aromatic nitrogens is 1. The fourth-order valence-electron chi connectivity index (χ4n) is 2.07. The summed E-state index contributed by atoms with van der Waals surface area (Å²) < 4.78 is 0. The highest BCUT2D eigenvalue weighted by atomic mass is 32.1. The number of nitrogens with one attached hydrogen (secondary N) is 1. The van der Waals surface area contributed by atoms with E-state index < -0.39 is 0 Å². The molecule has 0 saturated carbocycles. The molecule has 3 nitrogen and oxygen atoms in total. The van der Waals surface area contributed by atoms with E-state index in [1.165, 1.54) is 16.3 Å². The molecule has 1 N–H and O–H groups in total. The van der Waals surface area contributed by atoms with Crippen LogP contribution in [0.25, 0.3) is 0 Å². The van der Waals surface area contributed by atoms with Gasteiger partial charge in [0.05, 0.1) is 5.69 Å². The number of para-hydroxylation sites is 1. The van der Waals surface area contributed by atoms with Crippen molar-refractivity contribution < 1.29 is 0 Å². The molecule has 108 valence electrons. The van der Waals surface area contributed by atoms with Gasteiger partial charge in [-0.05, 0) is 24.6 Å². The Morgan fingerprint density at radius 1 is 1.25 bits per heavy atom. The predicted molar refractivity (Wildman–Crippen MR) is 88.1 cm³/mol. The standard InChI is InChI=1S/C16H23N3S/c1-5-17-11-14-15(12(2)3)18-16(20-14)19(4)13-9-7-6-8-10-13/h6-10,12,17H,5,11H2,1-4H3. The molecule has 4 heteroatoms. The highest BCUT2D eigenvalue weighted by molar-refractivity contribution is 7.15. The van der Waals surface area contributed by atoms with Crippen LogP contribution in [0.3, 0.4) is 0 Å². The van der Waals surface area contributed by atoms with Crippen LogP contribution in [0.4, 0.5) is 10.8 Å². The molecule has 1 aromatic carbocycles. The molecule has 0 bridgehead atoms. The molecule has 0 atom stereocenters. The number of thiazole rings is 1. The Kier molecular flexibility index (Phi) is 5.15. The third-order valence-electron chi connectivity index (χ3n) is 3.23. The molecule has 1 heterocycles. The zero-order valence-corrected chi connectivity index (χ0v) is 13.5. The van der Waals surface area contributed by atoms with Gasteiger partial charge in [-0.15, -0.1) is 0 Å². The summed E-state index contributed by atoms with van der Waals surface area (Å²) in [7, 11) is 2.08. The van der Waals surface area contributed by atoms with E-state index >= 15 is 0 Å². The van der Waals surface area contributed by atoms with Crippen molar-refractivity contribution >= 4 is 22.2 Å². The summed E-state index contributed by atoms with van der Waals surface area (Å²) in [5.41, 5.74) is 2.39. The number of hydrogen-bond acceptors (Lipinski definition) is 4. The Morgan fingerprint density at radius 3 is 2.55 bits per heavy atom. The van der Waals surface area contributed by atoms with Crippen molar-refractivity contribution in [2.75, 3.05) is 18.5 Å². The normalized spacial score (nSPS) is 11.1. The minimum Gasteiger partial charge on any atom is -0.321 e. The summed E-state index contributed by atoms with van der Waals surface area (Å²) in [6, 6.07) is 10.4. The summed E-state index contributed by atoms with van der Waals surface area (Å²) in [4.78, 5) is 8.35. The molecule has 0 aliphatic rings. The predicted octanol–water partition coefficient (Wildman–Crippen LogP) is 4.14. The Hall–Kier alpha value is -1.39. The lowest BCUT2D eigenvalue weighted by molar-refractivity contribution is 0.714. The molecular weight excluding hydrogens is 266 g/mol. The van der Waals surface area contributed by atoms with Crippen molar-refractivity contribution in [1.29, 1.82) is 0 Å². The first-order chi connectivity index (χ1) is 9.63. The van der Waals surface area contributed by atoms with Crippen LogP contribution in [0, 0.1) is 0 Å². The van der Waals surface area contributed by atoms with Crippen LogP contribution < -0.4 is 10.2 Å². The molecule has 2 rings (SSSR count). The fraction of sp³-hybridized carbons (Fsp3) is 0.438. The smallest absolute Gasteiger partial charge is 0.190 e. The summed E-state index contributed by atoms with van der Waals surface area (Å²) >= 11 is 1.78. The Bertz CT molecular complexity index is 534. The maximum Gasteiger partial charge on any atom is 0.190 e. The lowest BCUT2D eigenvalue weighted by Crippen LogP contribution is -2.12. The molecule has 0 spiro atoms. The number of hydrogen-bond donors (Lipinski definition) is 1. The highest BCUT2D eigenvalue weighted by Crippen LogP contribution is 2.33. The molecule has 2 aromatic rings. The van der Waals surface area contributed by atoms with Gasteiger partial charge in [0.15, 0.2) is 5.13 Å². The molecule has 0 saturated heterocycles. The van der Waals surface area contributed by atoms with Gasteiger partial charge in [0.25, 0.3) is 0 Å². The van der Waals surface area contributed by atoms with Crippen molar-refractivity contribution in [1.82, 2.24) is 10.3 Å². The third kappa shape index (κ3) is 3.38. The SMILES string of the molecule is CCNCc1sc(N(C)c2ccccc2)nc1C(C)C. The second-order valence-corrected chi connectivity index (χ2v) is 6.20. The molecule has 0 amide bonds. The van der Waals surface area contributed by atoms with E-state index in [0.717, 1.165) is 18.2 Å². The van der Waals surface area contributed by atoms with Gasteiger partial charge in [-0.1, -0.05) is 50.3 Å². The third-order valence-corrected chi connectivity index (χ3v) is 4.38. The van der Waals surface area contributed by atoms with Crippen molar-refractivity contribution in [2.24, 2.45) is 0 Å². The van der Waals surface area contributed by atoms with E-state index in [1.807, 2.05) is 6.07 Å². The average molecular weight is 289 g/mol. The van der Waals surface area contributed by atoms with Crippen molar-refractivity contribution in [3.05, 3.63) is 40.9 Å². The van der Waals surface area contributed by atoms with E-state index in [2.05, 4.69) is 62.3 Å². The molecule has 0 aliphatic heterocycles. The van der Waals surface area contributed by atoms with Crippen LogP contribution in [0.1, 0.15) is 37.3 Å². The number of anilines is 2. The van der Waals surface area contributed by atoms with Gasteiger partial charge >= 0.3 is 0 Å². The zero-order chi connectivity index (χ0) is 14.5. The van der Waals surface area contributed by atoms with Crippen LogP contribution in [0.2, 0.25) is 0 Å². The summed E-state index contributed by atoms with van der Waals surface area (Å²) in [5.74, 6) is 0.456. The summed E-state index contributed by atoms with van der Waals surface area (Å²) in [5, 5.41) is 4.47. The van der Waals surface area contributed by atoms with Crippen molar-refractivity contribution in [3.63, 3.8) is 0 Å². The first-order valence-corrected chi connectivity index (χ1v) is 7.94. The summed E-state index contributed by atoms with van der Waals surface area (Å²) in [6.45, 7) is 8.43. The van der Waals surface area contributed by atoms with Crippen molar-refractivity contribution in [3.8, 4) is 0 Å². The minimum atomic E-state index is 0.456. The maximum atomic E-state index is 4.84. The molecule has 0 radical (unpaired) electrons. The monoisotopic (exact) mass is 289 g/mol. The second-order valence-electron chi connectivity index (χ2n) is 5.13. The number of nitrogens with zero attached hydrogens (tertiary/aromatic N) is 2. The Balaban J connectivity index is 2.28. The van der Waals surface area contributed by atoms with E-state index in [4.69, 9.17) is 4.98 Å². The van der Waals surface area contributed by atoms with Crippen LogP contribution in [0.5, 0.6) is 0 Å². The number of rotatable bonds is 6. The van der Waals surface area contributed by atoms with E-state index in [-0.39, 0.29) is 0 Å². The van der Waals surface area contributed by atoms with Gasteiger partial charge in [0.2, 0.25) is 0 Å². The number of benzene rings is 1. The quantitative estimate of drug-likeness (QED) is 0.866. The Morgan fingerprint density at radius 2 is 1.95 bits per heavy atom. The van der Waals surface area contributed by atoms with Gasteiger partial charge < -0.3 is 10.2 Å². The van der Waals surface area contributed by atoms with E-state index in [9.17, 15) is 0 Å². The topological polar surface area (TPSA) is 28.2 Å². The second kappa shape index (κ2) is 6.86. The lowest BCUT2D eigenvalue weighted by Gasteiger charge is -2.15.